The van der Waals surface area contributed by atoms with Crippen LogP contribution in [0.4, 0.5) is 0 Å². The van der Waals surface area contributed by atoms with Gasteiger partial charge in [0.1, 0.15) is 0 Å². The summed E-state index contributed by atoms with van der Waals surface area (Å²) in [6.45, 7) is -3.79. The van der Waals surface area contributed by atoms with Crippen molar-refractivity contribution in [2.24, 2.45) is 0 Å². The van der Waals surface area contributed by atoms with Gasteiger partial charge in [-0.2, -0.15) is 0 Å². The van der Waals surface area contributed by atoms with E-state index in [1.807, 2.05) is 0 Å². The third-order valence-electron chi connectivity index (χ3n) is 1.34. The zero-order valence-corrected chi connectivity index (χ0v) is 8.90. The fourth-order valence-corrected chi connectivity index (χ4v) is 1.87. The number of hydrogen-bond donors (Lipinski definition) is 2. The Morgan fingerprint density at radius 3 is 1.93 bits per heavy atom. The summed E-state index contributed by atoms with van der Waals surface area (Å²) >= 11 is 5.51. The minimum atomic E-state index is -3.79. The van der Waals surface area contributed by atoms with Crippen molar-refractivity contribution in [3.8, 4) is 12.0 Å². The molecule has 0 aliphatic rings. The first-order valence-corrected chi connectivity index (χ1v) is 6.28. The molecule has 2 heterocycles. The predicted molar refractivity (Wildman–Crippen MR) is 51.9 cm³/mol. The third-order valence-corrected chi connectivity index (χ3v) is 2.53. The molecule has 2 rings (SSSR count). The quantitative estimate of drug-likeness (QED) is 0.807. The molecule has 0 aliphatic heterocycles. The molecule has 0 saturated heterocycles. The number of rotatable bonds is 4. The fraction of sp³-hybridized carbons (Fsp3) is 0. The highest BCUT2D eigenvalue weighted by molar-refractivity contribution is 7.82. The molecule has 0 saturated carbocycles. The first kappa shape index (κ1) is 10.1. The van der Waals surface area contributed by atoms with Crippen molar-refractivity contribution in [1.82, 2.24) is 19.9 Å². The van der Waals surface area contributed by atoms with E-state index in [-0.39, 0.29) is 12.0 Å². The van der Waals surface area contributed by atoms with Crippen LogP contribution in [0.3, 0.4) is 0 Å². The summed E-state index contributed by atoms with van der Waals surface area (Å²) in [7, 11) is 0. The van der Waals surface area contributed by atoms with Gasteiger partial charge in [0.05, 0.1) is 0 Å². The van der Waals surface area contributed by atoms with Gasteiger partial charge in [-0.3, -0.25) is 0 Å². The van der Waals surface area contributed by atoms with Crippen LogP contribution in [0, 0.1) is 0 Å². The Bertz CT molecular complexity index is 416. The molecule has 2 N–H and O–H groups in total. The largest absolute Gasteiger partial charge is 0.534 e. The molecule has 0 fully saturated rings. The van der Waals surface area contributed by atoms with Crippen LogP contribution in [-0.4, -0.2) is 19.9 Å². The third kappa shape index (κ3) is 2.74. The molecule has 2 aromatic heterocycles. The zero-order chi connectivity index (χ0) is 10.7. The first-order valence-electron chi connectivity index (χ1n) is 3.83. The lowest BCUT2D eigenvalue weighted by Crippen LogP contribution is -1.97. The van der Waals surface area contributed by atoms with Crippen molar-refractivity contribution in [3.05, 3.63) is 24.8 Å². The van der Waals surface area contributed by atoms with Gasteiger partial charge in [-0.15, -0.1) is 0 Å². The number of hydrogen-bond acceptors (Lipinski definition) is 5. The summed E-state index contributed by atoms with van der Waals surface area (Å²) in [4.78, 5) is 12.5. The Balaban J connectivity index is 2.04. The molecular weight excluding hydrogens is 243 g/mol. The molecule has 0 atom stereocenters. The molecule has 15 heavy (non-hydrogen) atoms. The van der Waals surface area contributed by atoms with E-state index in [1.165, 1.54) is 24.8 Å². The Morgan fingerprint density at radius 1 is 1.13 bits per heavy atom. The van der Waals surface area contributed by atoms with E-state index in [0.29, 0.717) is 0 Å². The maximum absolute atomic E-state index is 11.5. The van der Waals surface area contributed by atoms with E-state index < -0.39 is 6.95 Å². The van der Waals surface area contributed by atoms with Crippen LogP contribution in [0.15, 0.2) is 24.8 Å². The Hall–Kier alpha value is -1.46. The minimum absolute atomic E-state index is 0.0138. The van der Waals surface area contributed by atoms with Crippen molar-refractivity contribution >= 4 is 18.2 Å². The highest BCUT2D eigenvalue weighted by Gasteiger charge is 2.27. The van der Waals surface area contributed by atoms with E-state index in [9.17, 15) is 4.57 Å². The van der Waals surface area contributed by atoms with Gasteiger partial charge in [-0.1, -0.05) is 0 Å². The number of halogens is 1. The van der Waals surface area contributed by atoms with Crippen LogP contribution in [0.1, 0.15) is 0 Å². The normalized spacial score (nSPS) is 11.3. The molecule has 0 amide bonds. The van der Waals surface area contributed by atoms with Crippen molar-refractivity contribution in [3.63, 3.8) is 0 Å². The average molecular weight is 249 g/mol. The lowest BCUT2D eigenvalue weighted by atomic mass is 11.0. The summed E-state index contributed by atoms with van der Waals surface area (Å²) < 4.78 is 21.1. The highest BCUT2D eigenvalue weighted by Crippen LogP contribution is 2.51. The minimum Gasteiger partial charge on any atom is -0.370 e. The molecule has 0 radical (unpaired) electrons. The Morgan fingerprint density at radius 2 is 1.60 bits per heavy atom. The van der Waals surface area contributed by atoms with Crippen LogP contribution < -0.4 is 9.05 Å². The summed E-state index contributed by atoms with van der Waals surface area (Å²) in [6.07, 6.45) is 5.86. The van der Waals surface area contributed by atoms with Gasteiger partial charge in [-0.05, 0) is 0 Å². The fourth-order valence-electron chi connectivity index (χ4n) is 0.827. The molecule has 9 heteroatoms. The van der Waals surface area contributed by atoms with Gasteiger partial charge in [0, 0.05) is 36.0 Å². The molecule has 0 aliphatic carbocycles. The lowest BCUT2D eigenvalue weighted by Gasteiger charge is -2.08. The van der Waals surface area contributed by atoms with Gasteiger partial charge in [0.15, 0.2) is 0 Å². The predicted octanol–water partition coefficient (Wildman–Crippen LogP) is 1.94. The van der Waals surface area contributed by atoms with Crippen LogP contribution in [0.2, 0.25) is 0 Å². The Kier molecular flexibility index (Phi) is 2.66. The topological polar surface area (TPSA) is 92.9 Å². The van der Waals surface area contributed by atoms with E-state index in [1.54, 1.807) is 0 Å². The van der Waals surface area contributed by atoms with E-state index in [2.05, 4.69) is 19.9 Å². The number of imidazole rings is 2. The van der Waals surface area contributed by atoms with Gasteiger partial charge in [0.25, 0.3) is 0 Å². The van der Waals surface area contributed by atoms with E-state index in [4.69, 9.17) is 20.3 Å². The Labute approximate surface area is 89.1 Å². The van der Waals surface area contributed by atoms with Crippen molar-refractivity contribution in [2.75, 3.05) is 0 Å². The SMILES string of the molecule is O=P(Cl)(Oc1ncc[nH]1)Oc1ncc[nH]1. The molecule has 0 bridgehead atoms. The number of nitrogens with zero attached hydrogens (tertiary/aromatic N) is 2. The van der Waals surface area contributed by atoms with Gasteiger partial charge in [-0.25, -0.2) is 14.5 Å². The van der Waals surface area contributed by atoms with Crippen molar-refractivity contribution in [2.45, 2.75) is 0 Å². The maximum Gasteiger partial charge on any atom is 0.534 e. The highest BCUT2D eigenvalue weighted by atomic mass is 35.7. The van der Waals surface area contributed by atoms with Crippen LogP contribution >= 0.6 is 18.2 Å². The number of aromatic nitrogens is 4. The maximum atomic E-state index is 11.5. The zero-order valence-electron chi connectivity index (χ0n) is 7.25. The van der Waals surface area contributed by atoms with Crippen LogP contribution in [0.5, 0.6) is 12.0 Å². The van der Waals surface area contributed by atoms with Crippen LogP contribution in [-0.2, 0) is 4.57 Å². The molecule has 80 valence electrons. The molecular formula is C6H6ClN4O3P. The summed E-state index contributed by atoms with van der Waals surface area (Å²) in [5.41, 5.74) is 0. The van der Waals surface area contributed by atoms with Crippen LogP contribution in [0.25, 0.3) is 0 Å². The number of aromatic amines is 2. The lowest BCUT2D eigenvalue weighted by molar-refractivity contribution is 0.384. The van der Waals surface area contributed by atoms with Gasteiger partial charge in [0.2, 0.25) is 0 Å². The average Bonchev–Trinajstić information content (AvgIpc) is 2.75. The molecule has 0 aromatic carbocycles. The van der Waals surface area contributed by atoms with Crippen molar-refractivity contribution < 1.29 is 13.6 Å². The summed E-state index contributed by atoms with van der Waals surface area (Å²) in [5, 5.41) is 0. The molecule has 0 unspecified atom stereocenters. The molecule has 2 aromatic rings. The second kappa shape index (κ2) is 3.96. The monoisotopic (exact) mass is 248 g/mol. The van der Waals surface area contributed by atoms with Gasteiger partial charge >= 0.3 is 19.0 Å². The number of nitrogens with one attached hydrogen (secondary N) is 2. The van der Waals surface area contributed by atoms with Gasteiger partial charge < -0.3 is 19.0 Å². The van der Waals surface area contributed by atoms with E-state index >= 15 is 0 Å². The summed E-state index contributed by atoms with van der Waals surface area (Å²) in [5.74, 6) is 0. The molecule has 0 spiro atoms. The summed E-state index contributed by atoms with van der Waals surface area (Å²) in [6, 6.07) is 0.0276. The van der Waals surface area contributed by atoms with Crippen molar-refractivity contribution in [1.29, 1.82) is 0 Å². The number of H-pyrrole nitrogens is 2. The smallest absolute Gasteiger partial charge is 0.370 e. The standard InChI is InChI=1S/C6H6ClN4O3P/c7-15(12,13-5-8-1-2-9-5)14-6-10-3-4-11-6/h1-4H,(H,8,9)(H,10,11). The van der Waals surface area contributed by atoms with E-state index in [0.717, 1.165) is 0 Å². The second-order valence-electron chi connectivity index (χ2n) is 2.40. The second-order valence-corrected chi connectivity index (χ2v) is 4.87. The molecule has 7 nitrogen and oxygen atoms in total. The first-order chi connectivity index (χ1) is 7.16.